The van der Waals surface area contributed by atoms with Gasteiger partial charge in [-0.3, -0.25) is 9.48 Å². The van der Waals surface area contributed by atoms with Crippen molar-refractivity contribution in [1.29, 1.82) is 0 Å². The van der Waals surface area contributed by atoms with Crippen molar-refractivity contribution in [1.82, 2.24) is 14.7 Å². The van der Waals surface area contributed by atoms with Gasteiger partial charge in [0, 0.05) is 12.6 Å². The Hall–Kier alpha value is -2.28. The number of halogens is 2. The van der Waals surface area contributed by atoms with Crippen LogP contribution in [0.15, 0.2) is 24.3 Å². The fourth-order valence-electron chi connectivity index (χ4n) is 3.30. The van der Waals surface area contributed by atoms with Crippen molar-refractivity contribution < 1.29 is 18.7 Å². The molecule has 7 heteroatoms. The van der Waals surface area contributed by atoms with Gasteiger partial charge in [-0.1, -0.05) is 0 Å². The van der Waals surface area contributed by atoms with E-state index >= 15 is 0 Å². The minimum absolute atomic E-state index is 0.0413. The number of amides is 1. The smallest absolute Gasteiger partial charge is 0.227 e. The number of nitrogens with zero attached hydrogens (tertiary/aromatic N) is 3. The molecule has 0 spiro atoms. The van der Waals surface area contributed by atoms with E-state index in [1.807, 2.05) is 10.7 Å². The molecule has 25 heavy (non-hydrogen) atoms. The highest BCUT2D eigenvalue weighted by molar-refractivity contribution is 5.78. The van der Waals surface area contributed by atoms with Crippen LogP contribution in [0.25, 0.3) is 0 Å². The van der Waals surface area contributed by atoms with Crippen molar-refractivity contribution >= 4 is 5.91 Å². The summed E-state index contributed by atoms with van der Waals surface area (Å²) >= 11 is 0. The first-order valence-corrected chi connectivity index (χ1v) is 8.47. The fourth-order valence-corrected chi connectivity index (χ4v) is 3.30. The quantitative estimate of drug-likeness (QED) is 0.922. The summed E-state index contributed by atoms with van der Waals surface area (Å²) < 4.78 is 28.4. The van der Waals surface area contributed by atoms with Crippen molar-refractivity contribution in [2.75, 3.05) is 6.54 Å². The summed E-state index contributed by atoms with van der Waals surface area (Å²) in [6.45, 7) is 1.43. The van der Waals surface area contributed by atoms with Crippen molar-refractivity contribution in [3.63, 3.8) is 0 Å². The van der Waals surface area contributed by atoms with Gasteiger partial charge in [0.2, 0.25) is 5.91 Å². The van der Waals surface area contributed by atoms with Gasteiger partial charge >= 0.3 is 0 Å². The lowest BCUT2D eigenvalue weighted by Gasteiger charge is -2.27. The third-order valence-electron chi connectivity index (χ3n) is 4.82. The van der Waals surface area contributed by atoms with Crippen LogP contribution in [0, 0.1) is 17.6 Å². The van der Waals surface area contributed by atoms with Crippen molar-refractivity contribution in [2.24, 2.45) is 5.92 Å². The molecule has 0 radical (unpaired) electrons. The number of fused-ring (bicyclic) bond motifs is 1. The Kier molecular flexibility index (Phi) is 4.03. The predicted octanol–water partition coefficient (Wildman–Crippen LogP) is 2.19. The van der Waals surface area contributed by atoms with Crippen LogP contribution in [0.1, 0.15) is 35.9 Å². The largest absolute Gasteiger partial charge is 0.386 e. The maximum atomic E-state index is 13.3. The Morgan fingerprint density at radius 1 is 1.20 bits per heavy atom. The maximum Gasteiger partial charge on any atom is 0.227 e. The van der Waals surface area contributed by atoms with Crippen LogP contribution in [0.2, 0.25) is 0 Å². The first kappa shape index (κ1) is 16.2. The molecule has 1 amide bonds. The Labute approximate surface area is 143 Å². The Morgan fingerprint density at radius 3 is 2.60 bits per heavy atom. The Bertz CT molecular complexity index is 796. The highest BCUT2D eigenvalue weighted by atomic mass is 19.1. The van der Waals surface area contributed by atoms with Crippen LogP contribution in [0.5, 0.6) is 0 Å². The summed E-state index contributed by atoms with van der Waals surface area (Å²) in [5.41, 5.74) is 1.87. The van der Waals surface area contributed by atoms with Crippen LogP contribution in [-0.2, 0) is 24.3 Å². The topological polar surface area (TPSA) is 58.4 Å². The molecule has 1 aliphatic carbocycles. The molecule has 4 rings (SSSR count). The highest BCUT2D eigenvalue weighted by Gasteiger charge is 2.33. The predicted molar refractivity (Wildman–Crippen MR) is 85.4 cm³/mol. The number of carbonyl (C=O) groups is 1. The highest BCUT2D eigenvalue weighted by Crippen LogP contribution is 2.40. The van der Waals surface area contributed by atoms with E-state index in [1.165, 1.54) is 12.1 Å². The van der Waals surface area contributed by atoms with Crippen molar-refractivity contribution in [3.05, 3.63) is 52.9 Å². The average molecular weight is 347 g/mol. The van der Waals surface area contributed by atoms with E-state index < -0.39 is 17.7 Å². The molecule has 2 aromatic rings. The molecule has 1 unspecified atom stereocenters. The third-order valence-corrected chi connectivity index (χ3v) is 4.82. The van der Waals surface area contributed by atoms with E-state index in [9.17, 15) is 18.7 Å². The molecule has 2 aliphatic rings. The van der Waals surface area contributed by atoms with Gasteiger partial charge in [0.25, 0.3) is 0 Å². The maximum absolute atomic E-state index is 13.3. The molecule has 1 N–H and O–H groups in total. The lowest BCUT2D eigenvalue weighted by Crippen LogP contribution is -2.39. The number of rotatable bonds is 4. The third kappa shape index (κ3) is 3.42. The minimum atomic E-state index is -0.682. The zero-order valence-electron chi connectivity index (χ0n) is 13.7. The summed E-state index contributed by atoms with van der Waals surface area (Å²) in [5, 5.41) is 14.6. The molecule has 1 aromatic carbocycles. The van der Waals surface area contributed by atoms with Crippen LogP contribution in [0.3, 0.4) is 0 Å². The molecule has 1 aliphatic heterocycles. The first-order valence-electron chi connectivity index (χ1n) is 8.47. The summed E-state index contributed by atoms with van der Waals surface area (Å²) in [7, 11) is 0. The van der Waals surface area contributed by atoms with Crippen molar-refractivity contribution in [2.45, 2.75) is 38.5 Å². The lowest BCUT2D eigenvalue weighted by atomic mass is 10.1. The minimum Gasteiger partial charge on any atom is -0.386 e. The van der Waals surface area contributed by atoms with Gasteiger partial charge in [-0.05, 0) is 42.5 Å². The van der Waals surface area contributed by atoms with E-state index in [4.69, 9.17) is 0 Å². The Balaban J connectivity index is 1.45. The summed E-state index contributed by atoms with van der Waals surface area (Å²) in [6, 6.07) is 5.00. The van der Waals surface area contributed by atoms with Gasteiger partial charge < -0.3 is 10.0 Å². The normalized spacial score (nSPS) is 18.1. The van der Waals surface area contributed by atoms with E-state index in [1.54, 1.807) is 4.90 Å². The molecular weight excluding hydrogens is 328 g/mol. The molecule has 0 bridgehead atoms. The van der Waals surface area contributed by atoms with Crippen LogP contribution >= 0.6 is 0 Å². The molecule has 1 saturated carbocycles. The zero-order valence-corrected chi connectivity index (χ0v) is 13.7. The number of aromatic nitrogens is 2. The molecule has 2 heterocycles. The summed E-state index contributed by atoms with van der Waals surface area (Å²) in [6.07, 6.45) is 1.48. The number of carbonyl (C=O) groups excluding carboxylic acids is 1. The monoisotopic (exact) mass is 347 g/mol. The number of hydrogen-bond acceptors (Lipinski definition) is 3. The van der Waals surface area contributed by atoms with E-state index in [0.717, 1.165) is 24.6 Å². The second kappa shape index (κ2) is 6.22. The average Bonchev–Trinajstić information content (AvgIpc) is 3.31. The standard InChI is InChI=1S/C18H19F2N3O2/c19-13-5-11(6-14(20)8-13)7-17(24)22-3-4-23-15(10-22)9-16(21-23)18(25)12-1-2-12/h5-6,8-9,12,18,25H,1-4,7,10H2. The van der Waals surface area contributed by atoms with Crippen LogP contribution in [-0.4, -0.2) is 32.2 Å². The van der Waals surface area contributed by atoms with Crippen LogP contribution < -0.4 is 0 Å². The SMILES string of the molecule is O=C(Cc1cc(F)cc(F)c1)N1CCn2nc(C(O)C3CC3)cc2C1. The number of aliphatic hydroxyl groups is 1. The number of aliphatic hydroxyl groups excluding tert-OH is 1. The summed E-state index contributed by atoms with van der Waals surface area (Å²) in [5.74, 6) is -1.24. The van der Waals surface area contributed by atoms with Gasteiger partial charge in [-0.25, -0.2) is 8.78 Å². The van der Waals surface area contributed by atoms with Crippen molar-refractivity contribution in [3.8, 4) is 0 Å². The number of benzene rings is 1. The van der Waals surface area contributed by atoms with Gasteiger partial charge in [0.15, 0.2) is 0 Å². The Morgan fingerprint density at radius 2 is 1.92 bits per heavy atom. The summed E-state index contributed by atoms with van der Waals surface area (Å²) in [4.78, 5) is 14.1. The van der Waals surface area contributed by atoms with Gasteiger partial charge in [0.1, 0.15) is 17.7 Å². The van der Waals surface area contributed by atoms with Gasteiger partial charge in [0.05, 0.1) is 30.9 Å². The van der Waals surface area contributed by atoms with Crippen LogP contribution in [0.4, 0.5) is 8.78 Å². The van der Waals surface area contributed by atoms with Gasteiger partial charge in [-0.2, -0.15) is 5.10 Å². The molecule has 0 saturated heterocycles. The molecule has 1 atom stereocenters. The molecule has 5 nitrogen and oxygen atoms in total. The zero-order chi connectivity index (χ0) is 17.6. The molecular formula is C18H19F2N3O2. The fraction of sp³-hybridized carbons (Fsp3) is 0.444. The van der Waals surface area contributed by atoms with E-state index in [0.29, 0.717) is 36.8 Å². The van der Waals surface area contributed by atoms with E-state index in [-0.39, 0.29) is 12.3 Å². The first-order chi connectivity index (χ1) is 12.0. The number of hydrogen-bond donors (Lipinski definition) is 1. The second-order valence-corrected chi connectivity index (χ2v) is 6.84. The second-order valence-electron chi connectivity index (χ2n) is 6.84. The molecule has 1 fully saturated rings. The van der Waals surface area contributed by atoms with E-state index in [2.05, 4.69) is 5.10 Å². The molecule has 1 aromatic heterocycles. The van der Waals surface area contributed by atoms with Gasteiger partial charge in [-0.15, -0.1) is 0 Å². The molecule has 132 valence electrons. The lowest BCUT2D eigenvalue weighted by molar-refractivity contribution is -0.132.